The van der Waals surface area contributed by atoms with Crippen LogP contribution < -0.4 is 5.32 Å². The predicted octanol–water partition coefficient (Wildman–Crippen LogP) is 5.19. The molecule has 0 bridgehead atoms. The minimum absolute atomic E-state index is 0.916. The first-order chi connectivity index (χ1) is 11.8. The minimum atomic E-state index is 0.916. The van der Waals surface area contributed by atoms with Crippen LogP contribution in [-0.4, -0.2) is 19.3 Å². The number of unbranched alkanes of at least 4 members (excludes halogenated alkanes) is 2. The number of halogens is 1. The maximum absolute atomic E-state index is 5.05. The standard InChI is InChI=1S/C20H21IN2O/c1-22-13-7-3-2-4-8-15-11-12-17-16-9-5-6-10-18(16)20(23-24-21)19(17)14-15/h4-6,8-12,14,22H,2-3,7,13H2,1H3/b8-4+,23-20+. The van der Waals surface area contributed by atoms with Crippen LogP contribution >= 0.6 is 23.0 Å². The van der Waals surface area contributed by atoms with Crippen LogP contribution in [0, 0.1) is 0 Å². The molecule has 1 N–H and O–H groups in total. The summed E-state index contributed by atoms with van der Waals surface area (Å²) in [5.74, 6) is 0. The first kappa shape index (κ1) is 17.2. The van der Waals surface area contributed by atoms with Gasteiger partial charge >= 0.3 is 0 Å². The second-order valence-electron chi connectivity index (χ2n) is 5.86. The summed E-state index contributed by atoms with van der Waals surface area (Å²) in [4.78, 5) is 0. The summed E-state index contributed by atoms with van der Waals surface area (Å²) < 4.78 is 5.05. The molecule has 0 heterocycles. The van der Waals surface area contributed by atoms with Gasteiger partial charge in [-0.25, -0.2) is 0 Å². The van der Waals surface area contributed by atoms with Crippen LogP contribution in [0.2, 0.25) is 0 Å². The van der Waals surface area contributed by atoms with Gasteiger partial charge in [-0.15, -0.1) is 0 Å². The van der Waals surface area contributed by atoms with Gasteiger partial charge in [0.05, 0.1) is 0 Å². The number of benzene rings is 2. The van der Waals surface area contributed by atoms with E-state index < -0.39 is 0 Å². The zero-order valence-corrected chi connectivity index (χ0v) is 15.9. The third-order valence-electron chi connectivity index (χ3n) is 4.25. The summed E-state index contributed by atoms with van der Waals surface area (Å²) >= 11 is 1.82. The van der Waals surface area contributed by atoms with E-state index in [1.165, 1.54) is 29.5 Å². The van der Waals surface area contributed by atoms with E-state index in [0.717, 1.165) is 29.8 Å². The van der Waals surface area contributed by atoms with E-state index in [9.17, 15) is 0 Å². The molecular weight excluding hydrogens is 411 g/mol. The van der Waals surface area contributed by atoms with Gasteiger partial charge in [0.25, 0.3) is 0 Å². The second-order valence-corrected chi connectivity index (χ2v) is 6.26. The van der Waals surface area contributed by atoms with Crippen LogP contribution in [0.15, 0.2) is 53.7 Å². The lowest BCUT2D eigenvalue weighted by Crippen LogP contribution is -2.06. The van der Waals surface area contributed by atoms with Gasteiger partial charge in [0.2, 0.25) is 23.0 Å². The second kappa shape index (κ2) is 8.44. The van der Waals surface area contributed by atoms with Crippen LogP contribution in [0.4, 0.5) is 0 Å². The maximum atomic E-state index is 5.05. The van der Waals surface area contributed by atoms with E-state index in [2.05, 4.69) is 59.0 Å². The highest BCUT2D eigenvalue weighted by atomic mass is 127. The highest BCUT2D eigenvalue weighted by Gasteiger charge is 2.25. The lowest BCUT2D eigenvalue weighted by molar-refractivity contribution is 0.465. The zero-order valence-electron chi connectivity index (χ0n) is 13.8. The molecule has 1 aliphatic rings. The molecule has 0 aliphatic heterocycles. The number of rotatable bonds is 7. The van der Waals surface area contributed by atoms with Crippen LogP contribution in [0.25, 0.3) is 17.2 Å². The van der Waals surface area contributed by atoms with E-state index in [4.69, 9.17) is 3.17 Å². The SMILES string of the molecule is CNCCCC/C=C/c1ccc2c(c1)/C(=N/OI)c1ccccc1-2. The van der Waals surface area contributed by atoms with Gasteiger partial charge in [-0.05, 0) is 55.6 Å². The molecule has 1 aliphatic carbocycles. The van der Waals surface area contributed by atoms with Crippen LogP contribution in [-0.2, 0) is 3.17 Å². The van der Waals surface area contributed by atoms with Crippen molar-refractivity contribution in [1.82, 2.24) is 5.32 Å². The van der Waals surface area contributed by atoms with Crippen molar-refractivity contribution in [2.75, 3.05) is 13.6 Å². The highest BCUT2D eigenvalue weighted by Crippen LogP contribution is 2.37. The largest absolute Gasteiger partial charge is 0.327 e. The Kier molecular flexibility index (Phi) is 6.04. The van der Waals surface area contributed by atoms with Crippen molar-refractivity contribution in [2.24, 2.45) is 5.16 Å². The Bertz CT molecular complexity index is 768. The smallest absolute Gasteiger partial charge is 0.230 e. The monoisotopic (exact) mass is 432 g/mol. The third-order valence-corrected chi connectivity index (χ3v) is 4.45. The first-order valence-electron chi connectivity index (χ1n) is 8.26. The zero-order chi connectivity index (χ0) is 16.8. The molecule has 24 heavy (non-hydrogen) atoms. The van der Waals surface area contributed by atoms with Crippen molar-refractivity contribution >= 4 is 34.8 Å². The van der Waals surface area contributed by atoms with Crippen molar-refractivity contribution in [3.63, 3.8) is 0 Å². The molecule has 0 atom stereocenters. The summed E-state index contributed by atoms with van der Waals surface area (Å²) in [6.45, 7) is 1.08. The topological polar surface area (TPSA) is 33.6 Å². The fraction of sp³-hybridized carbons (Fsp3) is 0.250. The molecule has 2 aromatic rings. The summed E-state index contributed by atoms with van der Waals surface area (Å²) in [6.07, 6.45) is 7.99. The highest BCUT2D eigenvalue weighted by molar-refractivity contribution is 14.1. The first-order valence-corrected chi connectivity index (χ1v) is 9.14. The van der Waals surface area contributed by atoms with Crippen molar-refractivity contribution in [3.05, 3.63) is 65.2 Å². The Morgan fingerprint density at radius 2 is 1.83 bits per heavy atom. The maximum Gasteiger partial charge on any atom is 0.230 e. The van der Waals surface area contributed by atoms with E-state index >= 15 is 0 Å². The number of nitrogens with one attached hydrogen (secondary N) is 1. The molecule has 0 fully saturated rings. The minimum Gasteiger partial charge on any atom is -0.327 e. The number of nitrogens with zero attached hydrogens (tertiary/aromatic N) is 1. The van der Waals surface area contributed by atoms with Crippen molar-refractivity contribution < 1.29 is 3.17 Å². The Labute approximate surface area is 157 Å². The van der Waals surface area contributed by atoms with Gasteiger partial charge in [-0.2, -0.15) is 0 Å². The molecule has 0 unspecified atom stereocenters. The number of hydrogen-bond donors (Lipinski definition) is 1. The van der Waals surface area contributed by atoms with Crippen molar-refractivity contribution in [3.8, 4) is 11.1 Å². The van der Waals surface area contributed by atoms with Crippen molar-refractivity contribution in [1.29, 1.82) is 0 Å². The van der Waals surface area contributed by atoms with Crippen molar-refractivity contribution in [2.45, 2.75) is 19.3 Å². The number of oxime groups is 1. The van der Waals surface area contributed by atoms with Gasteiger partial charge in [0.15, 0.2) is 0 Å². The van der Waals surface area contributed by atoms with Crippen LogP contribution in [0.5, 0.6) is 0 Å². The summed E-state index contributed by atoms with van der Waals surface area (Å²) in [6, 6.07) is 14.9. The molecule has 4 heteroatoms. The van der Waals surface area contributed by atoms with Gasteiger partial charge in [0, 0.05) is 11.1 Å². The fourth-order valence-electron chi connectivity index (χ4n) is 3.08. The predicted molar refractivity (Wildman–Crippen MR) is 109 cm³/mol. The molecule has 0 spiro atoms. The van der Waals surface area contributed by atoms with E-state index in [1.54, 1.807) is 0 Å². The quantitative estimate of drug-likeness (QED) is 0.317. The molecule has 2 aromatic carbocycles. The van der Waals surface area contributed by atoms with Crippen LogP contribution in [0.3, 0.4) is 0 Å². The van der Waals surface area contributed by atoms with Crippen LogP contribution in [0.1, 0.15) is 36.0 Å². The molecule has 3 rings (SSSR count). The van der Waals surface area contributed by atoms with Gasteiger partial charge in [-0.1, -0.05) is 53.7 Å². The van der Waals surface area contributed by atoms with Gasteiger partial charge in [-0.3, -0.25) is 0 Å². The third kappa shape index (κ3) is 3.70. The molecule has 0 saturated heterocycles. The number of allylic oxidation sites excluding steroid dienone is 1. The Balaban J connectivity index is 1.81. The van der Waals surface area contributed by atoms with Gasteiger partial charge in [0.1, 0.15) is 5.71 Å². The summed E-state index contributed by atoms with van der Waals surface area (Å²) in [5, 5.41) is 7.43. The Morgan fingerprint density at radius 3 is 2.62 bits per heavy atom. The lowest BCUT2D eigenvalue weighted by Gasteiger charge is -2.02. The van der Waals surface area contributed by atoms with E-state index in [1.807, 2.05) is 36.1 Å². The van der Waals surface area contributed by atoms with E-state index in [0.29, 0.717) is 0 Å². The molecule has 0 radical (unpaired) electrons. The lowest BCUT2D eigenvalue weighted by atomic mass is 10.0. The van der Waals surface area contributed by atoms with Gasteiger partial charge < -0.3 is 8.48 Å². The fourth-order valence-corrected chi connectivity index (χ4v) is 3.28. The average molecular weight is 432 g/mol. The molecule has 0 amide bonds. The molecule has 0 aromatic heterocycles. The average Bonchev–Trinajstić information content (AvgIpc) is 2.92. The van der Waals surface area contributed by atoms with E-state index in [-0.39, 0.29) is 0 Å². The summed E-state index contributed by atoms with van der Waals surface area (Å²) in [7, 11) is 2.00. The number of fused-ring (bicyclic) bond motifs is 3. The molecule has 124 valence electrons. The Hall–Kier alpha value is -1.66. The normalized spacial score (nSPS) is 14.2. The Morgan fingerprint density at radius 1 is 1.04 bits per heavy atom. The summed E-state index contributed by atoms with van der Waals surface area (Å²) in [5.41, 5.74) is 6.85. The molecule has 0 saturated carbocycles. The molecular formula is C20H21IN2O. The molecule has 3 nitrogen and oxygen atoms in total. The number of hydrogen-bond acceptors (Lipinski definition) is 3.